The van der Waals surface area contributed by atoms with Gasteiger partial charge in [0.05, 0.1) is 48.2 Å². The number of allylic oxidation sites excluding steroid dienone is 2. The topological polar surface area (TPSA) is 112 Å². The number of anilines is 2. The number of hydrogen-bond acceptors (Lipinski definition) is 7. The van der Waals surface area contributed by atoms with Crippen LogP contribution in [0.1, 0.15) is 18.4 Å². The van der Waals surface area contributed by atoms with Crippen LogP contribution in [0.25, 0.3) is 0 Å². The molecule has 0 spiro atoms. The van der Waals surface area contributed by atoms with Crippen LogP contribution in [0.5, 0.6) is 11.5 Å². The Morgan fingerprint density at radius 3 is 2.38 bits per heavy atom. The van der Waals surface area contributed by atoms with Gasteiger partial charge in [-0.3, -0.25) is 9.59 Å². The van der Waals surface area contributed by atoms with E-state index in [-0.39, 0.29) is 28.4 Å². The Morgan fingerprint density at radius 1 is 1.00 bits per heavy atom. The minimum Gasteiger partial charge on any atom is -0.497 e. The highest BCUT2D eigenvalue weighted by atomic mass is 32.2. The predicted molar refractivity (Wildman–Crippen MR) is 153 cm³/mol. The van der Waals surface area contributed by atoms with E-state index in [4.69, 9.17) is 9.47 Å². The first-order chi connectivity index (χ1) is 19.4. The minimum atomic E-state index is -1.01. The van der Waals surface area contributed by atoms with Gasteiger partial charge in [-0.2, -0.15) is 5.26 Å². The second-order valence-electron chi connectivity index (χ2n) is 8.69. The van der Waals surface area contributed by atoms with Crippen LogP contribution in [-0.2, 0) is 9.59 Å². The zero-order valence-electron chi connectivity index (χ0n) is 22.1. The molecule has 1 heterocycles. The van der Waals surface area contributed by atoms with Crippen LogP contribution in [0.15, 0.2) is 94.7 Å². The molecule has 0 radical (unpaired) electrons. The summed E-state index contributed by atoms with van der Waals surface area (Å²) in [6, 6.07) is 22.0. The fraction of sp³-hybridized carbons (Fsp3) is 0.167. The quantitative estimate of drug-likeness (QED) is 0.316. The number of amides is 2. The summed E-state index contributed by atoms with van der Waals surface area (Å²) in [6.07, 6.45) is 0. The molecule has 40 heavy (non-hydrogen) atoms. The molecule has 8 nitrogen and oxygen atoms in total. The van der Waals surface area contributed by atoms with Crippen molar-refractivity contribution in [2.75, 3.05) is 30.6 Å². The molecule has 0 saturated heterocycles. The molecular formula is C30H27FN4O4S. The highest BCUT2D eigenvalue weighted by Gasteiger charge is 2.36. The number of nitriles is 1. The fourth-order valence-electron chi connectivity index (χ4n) is 4.29. The van der Waals surface area contributed by atoms with Crippen LogP contribution < -0.4 is 25.4 Å². The Morgan fingerprint density at radius 2 is 1.70 bits per heavy atom. The molecule has 10 heteroatoms. The molecule has 0 aromatic heterocycles. The van der Waals surface area contributed by atoms with Crippen molar-refractivity contribution in [1.82, 2.24) is 5.32 Å². The van der Waals surface area contributed by atoms with Crippen molar-refractivity contribution in [2.45, 2.75) is 12.8 Å². The van der Waals surface area contributed by atoms with Gasteiger partial charge in [0.25, 0.3) is 5.91 Å². The van der Waals surface area contributed by atoms with Crippen LogP contribution >= 0.6 is 11.8 Å². The molecule has 0 unspecified atom stereocenters. The molecule has 0 bridgehead atoms. The van der Waals surface area contributed by atoms with Crippen LogP contribution in [-0.4, -0.2) is 31.8 Å². The Bertz CT molecular complexity index is 1530. The standard InChI is InChI=1S/C30H27FN4O4S/c1-18-27(29(37)35-24-10-6-7-11-25(24)39-3)28(21-8-4-5-9-23(21)31)22(16-32)30(33-18)40-17-26(36)34-19-12-14-20(38-2)15-13-19/h4-15,28,33H,17H2,1-3H3,(H,34,36)(H,35,37)/t28-/m0/s1. The van der Waals surface area contributed by atoms with Gasteiger partial charge in [0, 0.05) is 22.5 Å². The van der Waals surface area contributed by atoms with Crippen molar-refractivity contribution in [2.24, 2.45) is 0 Å². The minimum absolute atomic E-state index is 0.0282. The van der Waals surface area contributed by atoms with E-state index in [0.29, 0.717) is 33.6 Å². The van der Waals surface area contributed by atoms with Crippen molar-refractivity contribution in [3.05, 3.63) is 106 Å². The van der Waals surface area contributed by atoms with Gasteiger partial charge in [0.2, 0.25) is 5.91 Å². The van der Waals surface area contributed by atoms with Crippen molar-refractivity contribution in [3.8, 4) is 17.6 Å². The smallest absolute Gasteiger partial charge is 0.254 e. The maximum atomic E-state index is 15.1. The van der Waals surface area contributed by atoms with Crippen molar-refractivity contribution in [3.63, 3.8) is 0 Å². The first-order valence-corrected chi connectivity index (χ1v) is 13.2. The number of nitrogens with zero attached hydrogens (tertiary/aromatic N) is 1. The van der Waals surface area contributed by atoms with Crippen LogP contribution in [0.4, 0.5) is 15.8 Å². The Kier molecular flexibility index (Phi) is 9.09. The summed E-state index contributed by atoms with van der Waals surface area (Å²) in [4.78, 5) is 26.3. The molecule has 0 fully saturated rings. The number of thioether (sulfide) groups is 1. The van der Waals surface area contributed by atoms with Gasteiger partial charge in [-0.05, 0) is 49.4 Å². The first-order valence-electron chi connectivity index (χ1n) is 12.2. The van der Waals surface area contributed by atoms with Gasteiger partial charge in [0.15, 0.2) is 0 Å². The third-order valence-electron chi connectivity index (χ3n) is 6.18. The van der Waals surface area contributed by atoms with Gasteiger partial charge in [-0.25, -0.2) is 4.39 Å². The average molecular weight is 559 g/mol. The van der Waals surface area contributed by atoms with E-state index in [0.717, 1.165) is 11.8 Å². The van der Waals surface area contributed by atoms with E-state index in [1.54, 1.807) is 80.8 Å². The number of carbonyl (C=O) groups excluding carboxylic acids is 2. The molecule has 4 rings (SSSR count). The van der Waals surface area contributed by atoms with E-state index in [1.165, 1.54) is 13.2 Å². The van der Waals surface area contributed by atoms with Crippen molar-refractivity contribution < 1.29 is 23.5 Å². The van der Waals surface area contributed by atoms with E-state index in [9.17, 15) is 14.9 Å². The molecule has 3 aromatic rings. The van der Waals surface area contributed by atoms with Crippen LogP contribution in [0.2, 0.25) is 0 Å². The number of para-hydroxylation sites is 2. The number of dihydropyridines is 1. The summed E-state index contributed by atoms with van der Waals surface area (Å²) < 4.78 is 25.6. The lowest BCUT2D eigenvalue weighted by molar-refractivity contribution is -0.114. The predicted octanol–water partition coefficient (Wildman–Crippen LogP) is 5.55. The monoisotopic (exact) mass is 558 g/mol. The van der Waals surface area contributed by atoms with E-state index < -0.39 is 17.6 Å². The van der Waals surface area contributed by atoms with Gasteiger partial charge < -0.3 is 25.4 Å². The zero-order valence-corrected chi connectivity index (χ0v) is 22.9. The number of halogens is 1. The van der Waals surface area contributed by atoms with Crippen LogP contribution in [0.3, 0.4) is 0 Å². The summed E-state index contributed by atoms with van der Waals surface area (Å²) >= 11 is 1.10. The van der Waals surface area contributed by atoms with E-state index in [1.807, 2.05) is 0 Å². The SMILES string of the molecule is COc1ccc(NC(=O)CSC2=C(C#N)[C@H](c3ccccc3F)C(C(=O)Nc3ccccc3OC)=C(C)N2)cc1. The summed E-state index contributed by atoms with van der Waals surface area (Å²) in [5.74, 6) is -1.29. The molecule has 0 saturated carbocycles. The third-order valence-corrected chi connectivity index (χ3v) is 7.20. The fourth-order valence-corrected chi connectivity index (χ4v) is 5.19. The molecule has 1 aliphatic heterocycles. The van der Waals surface area contributed by atoms with Gasteiger partial charge in [-0.1, -0.05) is 42.1 Å². The largest absolute Gasteiger partial charge is 0.497 e. The maximum Gasteiger partial charge on any atom is 0.254 e. The average Bonchev–Trinajstić information content (AvgIpc) is 2.96. The number of hydrogen-bond donors (Lipinski definition) is 3. The first kappa shape index (κ1) is 28.3. The molecule has 1 aliphatic rings. The number of nitrogens with one attached hydrogen (secondary N) is 3. The molecular weight excluding hydrogens is 531 g/mol. The van der Waals surface area contributed by atoms with Crippen molar-refractivity contribution >= 4 is 35.0 Å². The third kappa shape index (κ3) is 6.27. The molecule has 0 aliphatic carbocycles. The van der Waals surface area contributed by atoms with Gasteiger partial charge in [0.1, 0.15) is 17.3 Å². The summed E-state index contributed by atoms with van der Waals surface area (Å²) in [5.41, 5.74) is 1.93. The second kappa shape index (κ2) is 12.9. The number of methoxy groups -OCH3 is 2. The molecule has 3 N–H and O–H groups in total. The number of rotatable bonds is 9. The highest BCUT2D eigenvalue weighted by Crippen LogP contribution is 2.42. The molecule has 1 atom stereocenters. The second-order valence-corrected chi connectivity index (χ2v) is 9.68. The normalized spacial score (nSPS) is 14.6. The Labute approximate surface area is 235 Å². The molecule has 3 aromatic carbocycles. The maximum absolute atomic E-state index is 15.1. The van der Waals surface area contributed by atoms with Crippen LogP contribution in [0, 0.1) is 17.1 Å². The number of benzene rings is 3. The summed E-state index contributed by atoms with van der Waals surface area (Å²) in [7, 11) is 3.05. The Hall–Kier alpha value is -4.75. The summed E-state index contributed by atoms with van der Waals surface area (Å²) in [6.45, 7) is 1.68. The lowest BCUT2D eigenvalue weighted by Gasteiger charge is -2.30. The molecule has 2 amide bonds. The lowest BCUT2D eigenvalue weighted by Crippen LogP contribution is -2.31. The zero-order chi connectivity index (χ0) is 28.6. The molecule has 204 valence electrons. The van der Waals surface area contributed by atoms with E-state index >= 15 is 4.39 Å². The number of carbonyl (C=O) groups is 2. The number of ether oxygens (including phenoxy) is 2. The van der Waals surface area contributed by atoms with Gasteiger partial charge >= 0.3 is 0 Å². The van der Waals surface area contributed by atoms with Crippen molar-refractivity contribution in [1.29, 1.82) is 5.26 Å². The lowest BCUT2D eigenvalue weighted by atomic mass is 9.82. The van der Waals surface area contributed by atoms with Gasteiger partial charge in [-0.15, -0.1) is 0 Å². The highest BCUT2D eigenvalue weighted by molar-refractivity contribution is 8.03. The summed E-state index contributed by atoms with van der Waals surface area (Å²) in [5, 5.41) is 19.3. The Balaban J connectivity index is 1.63. The van der Waals surface area contributed by atoms with E-state index in [2.05, 4.69) is 22.0 Å².